The largest absolute Gasteiger partial charge is 0.309 e. The van der Waals surface area contributed by atoms with Crippen LogP contribution in [0.2, 0.25) is 0 Å². The van der Waals surface area contributed by atoms with Crippen LogP contribution in [0, 0.1) is 0 Å². The Kier molecular flexibility index (Phi) is 26.5. The van der Waals surface area contributed by atoms with Crippen LogP contribution in [0.3, 0.4) is 0 Å². The Morgan fingerprint density at radius 1 is 0.467 bits per heavy atom. The first kappa shape index (κ1) is 30.7. The third-order valence-electron chi connectivity index (χ3n) is 6.49. The molecule has 0 aliphatic rings. The van der Waals surface area contributed by atoms with Gasteiger partial charge in [-0.25, -0.2) is 0 Å². The molecule has 0 heterocycles. The number of hydrogen-bond acceptors (Lipinski definition) is 1. The molecule has 0 saturated carbocycles. The SMILES string of the molecule is CCCCCCCCCCCCCCCCC(I)CCCCCCCCCN(C)C. The molecule has 0 aromatic carbocycles. The van der Waals surface area contributed by atoms with E-state index in [2.05, 4.69) is 48.5 Å². The van der Waals surface area contributed by atoms with Gasteiger partial charge < -0.3 is 4.90 Å². The summed E-state index contributed by atoms with van der Waals surface area (Å²) < 4.78 is 0.931. The minimum Gasteiger partial charge on any atom is -0.309 e. The van der Waals surface area contributed by atoms with Gasteiger partial charge in [0.15, 0.2) is 0 Å². The van der Waals surface area contributed by atoms with Gasteiger partial charge in [-0.1, -0.05) is 158 Å². The average molecular weight is 536 g/mol. The number of unbranched alkanes of at least 4 members (excludes halogenated alkanes) is 19. The summed E-state index contributed by atoms with van der Waals surface area (Å²) in [7, 11) is 4.36. The van der Waals surface area contributed by atoms with Crippen molar-refractivity contribution in [1.82, 2.24) is 4.90 Å². The normalized spacial score (nSPS) is 12.7. The number of rotatable bonds is 25. The fourth-order valence-electron chi connectivity index (χ4n) is 4.38. The Bertz CT molecular complexity index is 305. The number of nitrogens with zero attached hydrogens (tertiary/aromatic N) is 1. The first-order chi connectivity index (χ1) is 14.7. The van der Waals surface area contributed by atoms with Crippen LogP contribution in [-0.4, -0.2) is 29.5 Å². The first-order valence-electron chi connectivity index (χ1n) is 14.0. The quantitative estimate of drug-likeness (QED) is 0.0638. The fraction of sp³-hybridized carbons (Fsp3) is 1.00. The minimum atomic E-state index is 0.931. The van der Waals surface area contributed by atoms with Crippen LogP contribution in [0.15, 0.2) is 0 Å². The first-order valence-corrected chi connectivity index (χ1v) is 15.2. The van der Waals surface area contributed by atoms with Gasteiger partial charge in [-0.2, -0.15) is 0 Å². The van der Waals surface area contributed by atoms with Gasteiger partial charge in [0.1, 0.15) is 0 Å². The minimum absolute atomic E-state index is 0.931. The van der Waals surface area contributed by atoms with E-state index in [1.165, 1.54) is 154 Å². The van der Waals surface area contributed by atoms with Gasteiger partial charge in [0.05, 0.1) is 0 Å². The van der Waals surface area contributed by atoms with E-state index in [0.29, 0.717) is 0 Å². The van der Waals surface area contributed by atoms with Gasteiger partial charge >= 0.3 is 0 Å². The van der Waals surface area contributed by atoms with Gasteiger partial charge in [0.25, 0.3) is 0 Å². The molecule has 0 bridgehead atoms. The molecule has 0 fully saturated rings. The molecule has 1 atom stereocenters. The Labute approximate surface area is 206 Å². The molecular formula is C28H58IN. The number of alkyl halides is 1. The average Bonchev–Trinajstić information content (AvgIpc) is 2.72. The molecule has 0 aromatic heterocycles. The highest BCUT2D eigenvalue weighted by molar-refractivity contribution is 14.1. The molecule has 2 heteroatoms. The molecule has 0 aromatic rings. The zero-order chi connectivity index (χ0) is 22.1. The number of halogens is 1. The summed E-state index contributed by atoms with van der Waals surface area (Å²) in [5.41, 5.74) is 0. The maximum Gasteiger partial charge on any atom is 0.0110 e. The molecule has 30 heavy (non-hydrogen) atoms. The van der Waals surface area contributed by atoms with Gasteiger partial charge in [0.2, 0.25) is 0 Å². The van der Waals surface area contributed by atoms with Crippen molar-refractivity contribution in [2.24, 2.45) is 0 Å². The number of hydrogen-bond donors (Lipinski definition) is 0. The van der Waals surface area contributed by atoms with Crippen molar-refractivity contribution in [3.8, 4) is 0 Å². The Morgan fingerprint density at radius 3 is 1.10 bits per heavy atom. The Hall–Kier alpha value is 0.690. The van der Waals surface area contributed by atoms with Crippen LogP contribution in [0.4, 0.5) is 0 Å². The van der Waals surface area contributed by atoms with Crippen LogP contribution in [0.1, 0.15) is 155 Å². The van der Waals surface area contributed by atoms with E-state index in [9.17, 15) is 0 Å². The monoisotopic (exact) mass is 535 g/mol. The maximum atomic E-state index is 2.72. The molecule has 1 unspecified atom stereocenters. The van der Waals surface area contributed by atoms with Crippen LogP contribution >= 0.6 is 22.6 Å². The van der Waals surface area contributed by atoms with Crippen LogP contribution in [-0.2, 0) is 0 Å². The van der Waals surface area contributed by atoms with Gasteiger partial charge in [-0.3, -0.25) is 0 Å². The second-order valence-electron chi connectivity index (χ2n) is 10.0. The molecule has 182 valence electrons. The molecule has 0 aliphatic carbocycles. The summed E-state index contributed by atoms with van der Waals surface area (Å²) in [4.78, 5) is 2.30. The lowest BCUT2D eigenvalue weighted by Crippen LogP contribution is -2.12. The smallest absolute Gasteiger partial charge is 0.0110 e. The topological polar surface area (TPSA) is 3.24 Å². The molecule has 1 nitrogen and oxygen atoms in total. The molecular weight excluding hydrogens is 477 g/mol. The zero-order valence-electron chi connectivity index (χ0n) is 21.4. The lowest BCUT2D eigenvalue weighted by atomic mass is 10.0. The van der Waals surface area contributed by atoms with E-state index in [0.717, 1.165) is 3.92 Å². The molecule has 0 aliphatic heterocycles. The molecule has 0 saturated heterocycles. The van der Waals surface area contributed by atoms with E-state index in [1.54, 1.807) is 0 Å². The van der Waals surface area contributed by atoms with Gasteiger partial charge in [-0.05, 0) is 39.9 Å². The lowest BCUT2D eigenvalue weighted by molar-refractivity contribution is 0.389. The van der Waals surface area contributed by atoms with Crippen molar-refractivity contribution < 1.29 is 0 Å². The van der Waals surface area contributed by atoms with Gasteiger partial charge in [-0.15, -0.1) is 0 Å². The highest BCUT2D eigenvalue weighted by Crippen LogP contribution is 2.20. The van der Waals surface area contributed by atoms with Crippen molar-refractivity contribution in [3.05, 3.63) is 0 Å². The third kappa shape index (κ3) is 26.7. The molecule has 0 spiro atoms. The van der Waals surface area contributed by atoms with Crippen LogP contribution in [0.5, 0.6) is 0 Å². The van der Waals surface area contributed by atoms with E-state index in [-0.39, 0.29) is 0 Å². The highest BCUT2D eigenvalue weighted by Gasteiger charge is 2.04. The predicted molar refractivity (Wildman–Crippen MR) is 148 cm³/mol. The highest BCUT2D eigenvalue weighted by atomic mass is 127. The molecule has 0 amide bonds. The van der Waals surface area contributed by atoms with Crippen molar-refractivity contribution in [2.45, 2.75) is 159 Å². The van der Waals surface area contributed by atoms with Crippen molar-refractivity contribution >= 4 is 22.6 Å². The summed E-state index contributed by atoms with van der Waals surface area (Å²) in [5.74, 6) is 0. The summed E-state index contributed by atoms with van der Waals surface area (Å²) >= 11 is 2.72. The maximum absolute atomic E-state index is 2.72. The van der Waals surface area contributed by atoms with Crippen molar-refractivity contribution in [1.29, 1.82) is 0 Å². The summed E-state index contributed by atoms with van der Waals surface area (Å²) in [6, 6.07) is 0. The fourth-order valence-corrected chi connectivity index (χ4v) is 5.26. The summed E-state index contributed by atoms with van der Waals surface area (Å²) in [6.45, 7) is 3.56. The van der Waals surface area contributed by atoms with Crippen molar-refractivity contribution in [3.63, 3.8) is 0 Å². The second-order valence-corrected chi connectivity index (χ2v) is 11.8. The van der Waals surface area contributed by atoms with E-state index in [4.69, 9.17) is 0 Å². The van der Waals surface area contributed by atoms with Crippen molar-refractivity contribution in [2.75, 3.05) is 20.6 Å². The predicted octanol–water partition coefficient (Wildman–Crippen LogP) is 10.3. The summed E-state index contributed by atoms with van der Waals surface area (Å²) in [6.07, 6.45) is 33.6. The Balaban J connectivity index is 3.14. The molecule has 0 rings (SSSR count). The summed E-state index contributed by atoms with van der Waals surface area (Å²) in [5, 5.41) is 0. The van der Waals surface area contributed by atoms with E-state index < -0.39 is 0 Å². The third-order valence-corrected chi connectivity index (χ3v) is 7.74. The van der Waals surface area contributed by atoms with Crippen LogP contribution in [0.25, 0.3) is 0 Å². The van der Waals surface area contributed by atoms with E-state index >= 15 is 0 Å². The zero-order valence-corrected chi connectivity index (χ0v) is 23.5. The standard InChI is InChI=1S/C28H58IN/c1-4-5-6-7-8-9-10-11-12-13-14-16-19-22-25-28(29)26-23-20-17-15-18-21-24-27-30(2)3/h28H,4-27H2,1-3H3. The van der Waals surface area contributed by atoms with Gasteiger partial charge in [0, 0.05) is 3.92 Å². The second kappa shape index (κ2) is 25.9. The van der Waals surface area contributed by atoms with Crippen LogP contribution < -0.4 is 0 Å². The van der Waals surface area contributed by atoms with E-state index in [1.807, 2.05) is 0 Å². The molecule has 0 N–H and O–H groups in total. The Morgan fingerprint density at radius 2 is 0.767 bits per heavy atom. The molecule has 0 radical (unpaired) electrons. The lowest BCUT2D eigenvalue weighted by Gasteiger charge is -2.10.